The third-order valence-electron chi connectivity index (χ3n) is 2.90. The van der Waals surface area contributed by atoms with Crippen LogP contribution < -0.4 is 11.1 Å². The van der Waals surface area contributed by atoms with Gasteiger partial charge < -0.3 is 15.8 Å². The molecule has 3 aromatic rings. The number of methoxy groups -OCH3 is 1. The Morgan fingerprint density at radius 3 is 3.00 bits per heavy atom. The molecule has 0 atom stereocenters. The van der Waals surface area contributed by atoms with Crippen LogP contribution in [-0.4, -0.2) is 27.3 Å². The summed E-state index contributed by atoms with van der Waals surface area (Å²) < 4.78 is 5.19. The summed E-state index contributed by atoms with van der Waals surface area (Å²) in [4.78, 5) is 8.31. The number of hydrogen-bond acceptors (Lipinski definition) is 6. The molecular formula is C13H14N6O. The fourth-order valence-corrected chi connectivity index (χ4v) is 2.00. The van der Waals surface area contributed by atoms with Crippen LogP contribution in [0.3, 0.4) is 0 Å². The smallest absolute Gasteiger partial charge is 0.224 e. The summed E-state index contributed by atoms with van der Waals surface area (Å²) in [6.07, 6.45) is 1.66. The van der Waals surface area contributed by atoms with Crippen molar-refractivity contribution in [2.45, 2.75) is 6.61 Å². The van der Waals surface area contributed by atoms with E-state index in [9.17, 15) is 0 Å². The molecule has 0 aliphatic carbocycles. The maximum absolute atomic E-state index is 5.70. The minimum atomic E-state index is 0.188. The van der Waals surface area contributed by atoms with Gasteiger partial charge in [-0.25, -0.2) is 0 Å². The van der Waals surface area contributed by atoms with Gasteiger partial charge in [0.05, 0.1) is 18.2 Å². The zero-order chi connectivity index (χ0) is 13.9. The van der Waals surface area contributed by atoms with Crippen molar-refractivity contribution in [1.82, 2.24) is 20.2 Å². The lowest BCUT2D eigenvalue weighted by atomic mass is 10.2. The molecule has 0 fully saturated rings. The summed E-state index contributed by atoms with van der Waals surface area (Å²) in [5.41, 5.74) is 8.24. The van der Waals surface area contributed by atoms with Crippen molar-refractivity contribution >= 4 is 28.5 Å². The first kappa shape index (κ1) is 12.4. The summed E-state index contributed by atoms with van der Waals surface area (Å²) in [6.45, 7) is 0.512. The van der Waals surface area contributed by atoms with E-state index in [1.807, 2.05) is 24.3 Å². The van der Waals surface area contributed by atoms with Crippen molar-refractivity contribution in [3.8, 4) is 0 Å². The minimum Gasteiger partial charge on any atom is -0.380 e. The fraction of sp³-hybridized carbons (Fsp3) is 0.154. The number of anilines is 3. The van der Waals surface area contributed by atoms with Gasteiger partial charge in [0.25, 0.3) is 0 Å². The molecule has 0 bridgehead atoms. The number of nitrogens with zero attached hydrogens (tertiary/aromatic N) is 3. The third kappa shape index (κ3) is 2.26. The highest BCUT2D eigenvalue weighted by molar-refractivity contribution is 5.89. The summed E-state index contributed by atoms with van der Waals surface area (Å²) in [5.74, 6) is 0.804. The Hall–Kier alpha value is -2.67. The molecule has 0 aliphatic heterocycles. The lowest BCUT2D eigenvalue weighted by Gasteiger charge is -2.11. The molecule has 0 saturated carbocycles. The van der Waals surface area contributed by atoms with Gasteiger partial charge in [-0.15, -0.1) is 0 Å². The van der Waals surface area contributed by atoms with Crippen LogP contribution in [0.4, 0.5) is 17.5 Å². The first-order valence-corrected chi connectivity index (χ1v) is 6.08. The van der Waals surface area contributed by atoms with Gasteiger partial charge in [-0.05, 0) is 6.07 Å². The Kier molecular flexibility index (Phi) is 3.18. The minimum absolute atomic E-state index is 0.188. The molecule has 0 amide bonds. The van der Waals surface area contributed by atoms with Crippen molar-refractivity contribution in [1.29, 1.82) is 0 Å². The third-order valence-corrected chi connectivity index (χ3v) is 2.90. The van der Waals surface area contributed by atoms with Crippen LogP contribution in [0.2, 0.25) is 0 Å². The molecule has 2 aromatic heterocycles. The monoisotopic (exact) mass is 270 g/mol. The fourth-order valence-electron chi connectivity index (χ4n) is 2.00. The maximum atomic E-state index is 5.70. The lowest BCUT2D eigenvalue weighted by Crippen LogP contribution is -2.03. The Bertz CT molecular complexity index is 739. The number of hydrogen-bond donors (Lipinski definition) is 3. The Labute approximate surface area is 115 Å². The van der Waals surface area contributed by atoms with E-state index in [-0.39, 0.29) is 5.95 Å². The second-order valence-electron chi connectivity index (χ2n) is 4.28. The van der Waals surface area contributed by atoms with Crippen LogP contribution in [-0.2, 0) is 11.3 Å². The summed E-state index contributed by atoms with van der Waals surface area (Å²) in [5, 5.41) is 10.8. The standard InChI is InChI=1S/C13H14N6O/c1-20-7-8-4-2-3-5-10(8)16-11-9-6-15-19-12(9)18-13(14)17-11/h2-6H,7H2,1H3,(H4,14,15,16,17,18,19). The molecule has 4 N–H and O–H groups in total. The Balaban J connectivity index is 2.03. The number of aromatic nitrogens is 4. The van der Waals surface area contributed by atoms with Crippen molar-refractivity contribution < 1.29 is 4.74 Å². The lowest BCUT2D eigenvalue weighted by molar-refractivity contribution is 0.185. The van der Waals surface area contributed by atoms with Gasteiger partial charge in [0.2, 0.25) is 5.95 Å². The van der Waals surface area contributed by atoms with Crippen LogP contribution in [0.25, 0.3) is 11.0 Å². The van der Waals surface area contributed by atoms with Gasteiger partial charge in [-0.2, -0.15) is 15.1 Å². The number of H-pyrrole nitrogens is 1. The molecule has 0 saturated heterocycles. The summed E-state index contributed by atoms with van der Waals surface area (Å²) >= 11 is 0. The molecule has 7 nitrogen and oxygen atoms in total. The van der Waals surface area contributed by atoms with Crippen LogP contribution in [0, 0.1) is 0 Å². The molecule has 7 heteroatoms. The molecular weight excluding hydrogens is 256 g/mol. The highest BCUT2D eigenvalue weighted by Crippen LogP contribution is 2.25. The van der Waals surface area contributed by atoms with E-state index in [0.717, 1.165) is 16.6 Å². The molecule has 3 rings (SSSR count). The van der Waals surface area contributed by atoms with Gasteiger partial charge in [0.1, 0.15) is 5.82 Å². The van der Waals surface area contributed by atoms with E-state index in [1.54, 1.807) is 13.3 Å². The average molecular weight is 270 g/mol. The van der Waals surface area contributed by atoms with Crippen molar-refractivity contribution in [3.05, 3.63) is 36.0 Å². The topological polar surface area (TPSA) is 102 Å². The van der Waals surface area contributed by atoms with Gasteiger partial charge in [0, 0.05) is 18.4 Å². The molecule has 2 heterocycles. The van der Waals surface area contributed by atoms with Crippen LogP contribution >= 0.6 is 0 Å². The van der Waals surface area contributed by atoms with E-state index in [0.29, 0.717) is 18.1 Å². The largest absolute Gasteiger partial charge is 0.380 e. The number of aromatic amines is 1. The molecule has 0 spiro atoms. The first-order valence-electron chi connectivity index (χ1n) is 6.08. The normalized spacial score (nSPS) is 10.8. The van der Waals surface area contributed by atoms with Crippen molar-refractivity contribution in [2.75, 3.05) is 18.2 Å². The summed E-state index contributed by atoms with van der Waals surface area (Å²) in [6, 6.07) is 7.85. The molecule has 20 heavy (non-hydrogen) atoms. The summed E-state index contributed by atoms with van der Waals surface area (Å²) in [7, 11) is 1.66. The number of para-hydroxylation sites is 1. The van der Waals surface area contributed by atoms with Gasteiger partial charge in [-0.3, -0.25) is 5.10 Å². The second kappa shape index (κ2) is 5.14. The van der Waals surface area contributed by atoms with Crippen LogP contribution in [0.15, 0.2) is 30.5 Å². The predicted octanol–water partition coefficient (Wildman–Crippen LogP) is 1.83. The quantitative estimate of drug-likeness (QED) is 0.668. The van der Waals surface area contributed by atoms with Gasteiger partial charge >= 0.3 is 0 Å². The molecule has 1 aromatic carbocycles. The number of nitrogen functional groups attached to an aromatic ring is 1. The number of nitrogens with one attached hydrogen (secondary N) is 2. The van der Waals surface area contributed by atoms with E-state index in [1.165, 1.54) is 0 Å². The maximum Gasteiger partial charge on any atom is 0.224 e. The van der Waals surface area contributed by atoms with Gasteiger partial charge in [-0.1, -0.05) is 18.2 Å². The Morgan fingerprint density at radius 1 is 1.30 bits per heavy atom. The van der Waals surface area contributed by atoms with Crippen LogP contribution in [0.1, 0.15) is 5.56 Å². The number of fused-ring (bicyclic) bond motifs is 1. The number of benzene rings is 1. The molecule has 0 radical (unpaired) electrons. The van der Waals surface area contributed by atoms with Crippen LogP contribution in [0.5, 0.6) is 0 Å². The zero-order valence-electron chi connectivity index (χ0n) is 10.9. The van der Waals surface area contributed by atoms with Crippen molar-refractivity contribution in [2.24, 2.45) is 0 Å². The number of rotatable bonds is 4. The second-order valence-corrected chi connectivity index (χ2v) is 4.28. The van der Waals surface area contributed by atoms with E-state index in [4.69, 9.17) is 10.5 Å². The van der Waals surface area contributed by atoms with Crippen molar-refractivity contribution in [3.63, 3.8) is 0 Å². The Morgan fingerprint density at radius 2 is 2.15 bits per heavy atom. The molecule has 0 aliphatic rings. The van der Waals surface area contributed by atoms with E-state index < -0.39 is 0 Å². The van der Waals surface area contributed by atoms with Gasteiger partial charge in [0.15, 0.2) is 5.65 Å². The highest BCUT2D eigenvalue weighted by Gasteiger charge is 2.10. The zero-order valence-corrected chi connectivity index (χ0v) is 10.9. The highest BCUT2D eigenvalue weighted by atomic mass is 16.5. The van der Waals surface area contributed by atoms with E-state index in [2.05, 4.69) is 25.5 Å². The number of nitrogens with two attached hydrogens (primary N) is 1. The average Bonchev–Trinajstić information content (AvgIpc) is 2.89. The molecule has 102 valence electrons. The first-order chi connectivity index (χ1) is 9.78. The SMILES string of the molecule is COCc1ccccc1Nc1nc(N)nc2[nH]ncc12. The van der Waals surface area contributed by atoms with E-state index >= 15 is 0 Å². The number of ether oxygens (including phenoxy) is 1. The predicted molar refractivity (Wildman–Crippen MR) is 76.5 cm³/mol. The molecule has 0 unspecified atom stereocenters.